The third-order valence-corrected chi connectivity index (χ3v) is 12.0. The highest BCUT2D eigenvalue weighted by Gasteiger charge is 2.35. The van der Waals surface area contributed by atoms with E-state index >= 15 is 8.78 Å². The molecule has 1 atom stereocenters. The van der Waals surface area contributed by atoms with E-state index in [1.165, 1.54) is 26.2 Å². The van der Waals surface area contributed by atoms with Gasteiger partial charge in [0.1, 0.15) is 36.3 Å². The highest BCUT2D eigenvalue weighted by molar-refractivity contribution is 7.98. The molecule has 2 aromatic heterocycles. The van der Waals surface area contributed by atoms with Crippen LogP contribution in [-0.2, 0) is 39.5 Å². The molecule has 0 unspecified atom stereocenters. The number of carboxylic acid groups (broad SMARTS) is 1. The van der Waals surface area contributed by atoms with Gasteiger partial charge in [-0.2, -0.15) is 4.31 Å². The summed E-state index contributed by atoms with van der Waals surface area (Å²) in [6, 6.07) is 14.5. The molecule has 3 aromatic carbocycles. The van der Waals surface area contributed by atoms with Gasteiger partial charge >= 0.3 is 5.97 Å². The first-order valence-electron chi connectivity index (χ1n) is 16.0. The summed E-state index contributed by atoms with van der Waals surface area (Å²) in [7, 11) is -1.36. The molecule has 282 valence electrons. The Morgan fingerprint density at radius 2 is 1.75 bits per heavy atom. The van der Waals surface area contributed by atoms with Crippen molar-refractivity contribution in [3.63, 3.8) is 0 Å². The number of carbonyl (C=O) groups is 1. The Labute approximate surface area is 321 Å². The number of hydrogen-bond acceptors (Lipinski definition) is 6. The fraction of sp³-hybridized carbons (Fsp3) is 0.270. The van der Waals surface area contributed by atoms with E-state index in [0.29, 0.717) is 39.4 Å². The highest BCUT2D eigenvalue weighted by atomic mass is 35.5. The first-order valence-corrected chi connectivity index (χ1v) is 18.8. The zero-order valence-corrected chi connectivity index (χ0v) is 32.5. The van der Waals surface area contributed by atoms with Crippen molar-refractivity contribution in [3.8, 4) is 11.4 Å². The minimum atomic E-state index is -4.65. The summed E-state index contributed by atoms with van der Waals surface area (Å²) in [6.45, 7) is 4.86. The maximum absolute atomic E-state index is 15.7. The predicted molar refractivity (Wildman–Crippen MR) is 192 cm³/mol. The van der Waals surface area contributed by atoms with E-state index in [-0.39, 0.29) is 31.1 Å². The smallest absolute Gasteiger partial charge is 0.321 e. The van der Waals surface area contributed by atoms with Crippen LogP contribution in [0.5, 0.6) is 5.75 Å². The van der Waals surface area contributed by atoms with Crippen molar-refractivity contribution in [1.82, 2.24) is 13.9 Å². The number of aromatic nitrogens is 3. The minimum Gasteiger partial charge on any atom is -1.00 e. The molecule has 0 saturated heterocycles. The lowest BCUT2D eigenvalue weighted by atomic mass is 9.81. The van der Waals surface area contributed by atoms with E-state index in [1.807, 2.05) is 19.9 Å². The van der Waals surface area contributed by atoms with Crippen molar-refractivity contribution >= 4 is 39.4 Å². The van der Waals surface area contributed by atoms with Crippen LogP contribution < -0.4 is 21.7 Å². The Bertz CT molecular complexity index is 2200. The Kier molecular flexibility index (Phi) is 13.3. The van der Waals surface area contributed by atoms with Gasteiger partial charge in [0.2, 0.25) is 10.0 Å². The van der Waals surface area contributed by atoms with Crippen molar-refractivity contribution in [2.75, 3.05) is 13.7 Å². The second kappa shape index (κ2) is 16.9. The lowest BCUT2D eigenvalue weighted by Gasteiger charge is -2.28. The Morgan fingerprint density at radius 1 is 1.09 bits per heavy atom. The maximum atomic E-state index is 15.7. The van der Waals surface area contributed by atoms with Crippen LogP contribution in [0.15, 0.2) is 95.4 Å². The molecule has 5 rings (SSSR count). The van der Waals surface area contributed by atoms with Crippen molar-refractivity contribution in [2.45, 2.75) is 54.5 Å². The van der Waals surface area contributed by atoms with Gasteiger partial charge in [-0.3, -0.25) is 9.36 Å². The number of benzene rings is 3. The standard InChI is InChI=1S/C37H36ClF3N4O5S2.ClH/c1-23(35(46)47)44(16-14-24-7-6-15-43(4)21-24)52(48,49)28-18-31(40)29(32(41)19-28)22-51-36-42-20-34(45(36)27-11-9-26(39)10-12-27)37(2,3)25-8-13-30(38)33(17-25)50-5;/h6-13,15,17-21,23H,14,16,22H2,1-5H3;1H/t23-;/m1./s1. The zero-order valence-electron chi connectivity index (χ0n) is 29.4. The number of aryl methyl sites for hydroxylation is 1. The Hall–Kier alpha value is -4.08. The molecular weight excluding hydrogens is 772 g/mol. The molecule has 0 amide bonds. The van der Waals surface area contributed by atoms with Crippen LogP contribution in [0.4, 0.5) is 13.2 Å². The molecule has 0 fully saturated rings. The third-order valence-electron chi connectivity index (χ3n) is 8.81. The van der Waals surface area contributed by atoms with Gasteiger partial charge in [-0.15, -0.1) is 0 Å². The molecule has 0 aliphatic carbocycles. The van der Waals surface area contributed by atoms with Gasteiger partial charge in [-0.1, -0.05) is 43.3 Å². The van der Waals surface area contributed by atoms with E-state index in [1.54, 1.807) is 71.2 Å². The number of aliphatic carboxylic acids is 1. The topological polar surface area (TPSA) is 106 Å². The molecule has 1 N–H and O–H groups in total. The number of pyridine rings is 1. The number of methoxy groups -OCH3 is 1. The fourth-order valence-electron chi connectivity index (χ4n) is 5.73. The number of imidazole rings is 1. The SMILES string of the molecule is COc1cc(C(C)(C)c2cnc(SCc3c(F)cc(S(=O)(=O)N(CCc4ccc[n+](C)c4)[C@H](C)C(=O)O)cc3F)n2-c2ccc(F)cc2)ccc1Cl.[Cl-]. The van der Waals surface area contributed by atoms with Crippen LogP contribution >= 0.6 is 23.4 Å². The maximum Gasteiger partial charge on any atom is 0.321 e. The number of carboxylic acids is 1. The molecule has 9 nitrogen and oxygen atoms in total. The minimum absolute atomic E-state index is 0. The summed E-state index contributed by atoms with van der Waals surface area (Å²) < 4.78 is 82.5. The van der Waals surface area contributed by atoms with Crippen LogP contribution in [0.1, 0.15) is 43.2 Å². The number of rotatable bonds is 14. The van der Waals surface area contributed by atoms with E-state index in [9.17, 15) is 22.7 Å². The second-order valence-electron chi connectivity index (χ2n) is 12.6. The number of thioether (sulfide) groups is 1. The molecular formula is C37H37Cl2F3N4O5S2. The van der Waals surface area contributed by atoms with Crippen LogP contribution in [0.2, 0.25) is 5.02 Å². The molecule has 0 bridgehead atoms. The molecule has 0 aliphatic heterocycles. The van der Waals surface area contributed by atoms with Gasteiger partial charge in [0.05, 0.1) is 28.9 Å². The molecule has 0 radical (unpaired) electrons. The number of hydrogen-bond donors (Lipinski definition) is 1. The van der Waals surface area contributed by atoms with Gasteiger partial charge in [-0.05, 0) is 73.5 Å². The first-order chi connectivity index (χ1) is 24.5. The van der Waals surface area contributed by atoms with E-state index in [2.05, 4.69) is 4.98 Å². The Morgan fingerprint density at radius 3 is 2.36 bits per heavy atom. The Balaban J connectivity index is 0.00000627. The van der Waals surface area contributed by atoms with Crippen molar-refractivity contribution in [1.29, 1.82) is 0 Å². The van der Waals surface area contributed by atoms with E-state index in [4.69, 9.17) is 16.3 Å². The van der Waals surface area contributed by atoms with Crippen LogP contribution in [0, 0.1) is 17.5 Å². The summed E-state index contributed by atoms with van der Waals surface area (Å²) in [5.74, 6) is -3.94. The summed E-state index contributed by atoms with van der Waals surface area (Å²) in [6.07, 6.45) is 5.35. The molecule has 2 heterocycles. The highest BCUT2D eigenvalue weighted by Crippen LogP contribution is 2.39. The van der Waals surface area contributed by atoms with Crippen LogP contribution in [0.3, 0.4) is 0 Å². The first kappa shape index (κ1) is 41.7. The molecule has 0 aliphatic rings. The summed E-state index contributed by atoms with van der Waals surface area (Å²) in [4.78, 5) is 15.8. The van der Waals surface area contributed by atoms with E-state index < -0.39 is 55.4 Å². The van der Waals surface area contributed by atoms with E-state index in [0.717, 1.165) is 27.2 Å². The molecule has 0 saturated carbocycles. The quantitative estimate of drug-likeness (QED) is 0.133. The number of sulfonamides is 1. The normalized spacial score (nSPS) is 12.4. The third kappa shape index (κ3) is 9.01. The number of halogens is 5. The average molecular weight is 810 g/mol. The molecule has 53 heavy (non-hydrogen) atoms. The second-order valence-corrected chi connectivity index (χ2v) is 15.9. The molecule has 16 heteroatoms. The van der Waals surface area contributed by atoms with Gasteiger partial charge in [-0.25, -0.2) is 31.1 Å². The zero-order chi connectivity index (χ0) is 38.0. The average Bonchev–Trinajstić information content (AvgIpc) is 3.53. The number of ether oxygens (including phenoxy) is 1. The molecule has 5 aromatic rings. The van der Waals surface area contributed by atoms with Crippen molar-refractivity contribution in [2.24, 2.45) is 7.05 Å². The monoisotopic (exact) mass is 808 g/mol. The van der Waals surface area contributed by atoms with Crippen LogP contribution in [-0.4, -0.2) is 53.0 Å². The van der Waals surface area contributed by atoms with Crippen molar-refractivity contribution < 1.29 is 53.2 Å². The molecule has 0 spiro atoms. The van der Waals surface area contributed by atoms with Gasteiger partial charge < -0.3 is 22.3 Å². The lowest BCUT2D eigenvalue weighted by Crippen LogP contribution is -3.00. The fourth-order valence-corrected chi connectivity index (χ4v) is 8.55. The summed E-state index contributed by atoms with van der Waals surface area (Å²) in [5.41, 5.74) is 1.66. The largest absolute Gasteiger partial charge is 1.00 e. The summed E-state index contributed by atoms with van der Waals surface area (Å²) >= 11 is 7.28. The van der Waals surface area contributed by atoms with Gasteiger partial charge in [0, 0.05) is 40.6 Å². The van der Waals surface area contributed by atoms with Gasteiger partial charge in [0.15, 0.2) is 17.6 Å². The lowest BCUT2D eigenvalue weighted by molar-refractivity contribution is -0.671. The number of nitrogens with zero attached hydrogens (tertiary/aromatic N) is 4. The predicted octanol–water partition coefficient (Wildman–Crippen LogP) is 4.10. The van der Waals surface area contributed by atoms with Crippen molar-refractivity contribution in [3.05, 3.63) is 130 Å². The van der Waals surface area contributed by atoms with Crippen LogP contribution in [0.25, 0.3) is 5.69 Å². The summed E-state index contributed by atoms with van der Waals surface area (Å²) in [5, 5.41) is 10.5. The van der Waals surface area contributed by atoms with Gasteiger partial charge in [0.25, 0.3) is 0 Å².